The zero-order valence-electron chi connectivity index (χ0n) is 12.1. The third kappa shape index (κ3) is 2.17. The highest BCUT2D eigenvalue weighted by Gasteiger charge is 2.42. The summed E-state index contributed by atoms with van der Waals surface area (Å²) < 4.78 is 5.39. The molecule has 3 unspecified atom stereocenters. The number of aliphatic hydroxyl groups excluding tert-OH is 2. The second kappa shape index (κ2) is 5.26. The Kier molecular flexibility index (Phi) is 3.61. The molecule has 1 aliphatic heterocycles. The molecule has 1 saturated heterocycles. The number of rotatable bonds is 3. The number of hydrogen-bond donors (Lipinski definition) is 2. The number of ether oxygens (including phenoxy) is 1. The Hall–Kier alpha value is -1.26. The maximum atomic E-state index is 10.1. The quantitative estimate of drug-likeness (QED) is 0.887. The van der Waals surface area contributed by atoms with E-state index >= 15 is 0 Å². The molecule has 0 radical (unpaired) electrons. The molecule has 3 rings (SSSR count). The van der Waals surface area contributed by atoms with Gasteiger partial charge in [0.2, 0.25) is 0 Å². The Labute approximate surface area is 120 Å². The lowest BCUT2D eigenvalue weighted by Crippen LogP contribution is -2.25. The summed E-state index contributed by atoms with van der Waals surface area (Å²) in [5, 5.41) is 20.1. The first kappa shape index (κ1) is 13.7. The van der Waals surface area contributed by atoms with Gasteiger partial charge >= 0.3 is 0 Å². The van der Waals surface area contributed by atoms with Crippen molar-refractivity contribution >= 4 is 5.69 Å². The van der Waals surface area contributed by atoms with Gasteiger partial charge in [0.25, 0.3) is 0 Å². The molecular weight excluding hydrogens is 254 g/mol. The van der Waals surface area contributed by atoms with Gasteiger partial charge in [-0.25, -0.2) is 0 Å². The molecule has 2 fully saturated rings. The van der Waals surface area contributed by atoms with Crippen LogP contribution >= 0.6 is 0 Å². The summed E-state index contributed by atoms with van der Waals surface area (Å²) >= 11 is 0. The fourth-order valence-electron chi connectivity index (χ4n) is 3.84. The van der Waals surface area contributed by atoms with Crippen molar-refractivity contribution in [2.75, 3.05) is 25.1 Å². The van der Waals surface area contributed by atoms with Gasteiger partial charge in [-0.1, -0.05) is 6.07 Å². The molecule has 4 heteroatoms. The van der Waals surface area contributed by atoms with Crippen molar-refractivity contribution in [3.8, 4) is 5.75 Å². The van der Waals surface area contributed by atoms with Crippen molar-refractivity contribution in [3.05, 3.63) is 23.8 Å². The van der Waals surface area contributed by atoms with Crippen molar-refractivity contribution in [2.24, 2.45) is 11.8 Å². The summed E-state index contributed by atoms with van der Waals surface area (Å²) in [5.74, 6) is 1.69. The molecule has 1 aromatic rings. The molecule has 0 aromatic heterocycles. The maximum Gasteiger partial charge on any atom is 0.126 e. The number of aliphatic hydroxyl groups is 2. The summed E-state index contributed by atoms with van der Waals surface area (Å²) in [4.78, 5) is 2.29. The van der Waals surface area contributed by atoms with E-state index in [9.17, 15) is 10.2 Å². The number of benzene rings is 1. The van der Waals surface area contributed by atoms with E-state index in [4.69, 9.17) is 4.74 Å². The largest absolute Gasteiger partial charge is 0.496 e. The highest BCUT2D eigenvalue weighted by Crippen LogP contribution is 2.43. The van der Waals surface area contributed by atoms with Crippen molar-refractivity contribution in [1.29, 1.82) is 0 Å². The molecule has 2 aliphatic rings. The van der Waals surface area contributed by atoms with Crippen molar-refractivity contribution in [2.45, 2.75) is 32.0 Å². The minimum atomic E-state index is -0.563. The molecule has 1 heterocycles. The molecule has 4 atom stereocenters. The Morgan fingerprint density at radius 1 is 1.30 bits per heavy atom. The van der Waals surface area contributed by atoms with Gasteiger partial charge in [-0.15, -0.1) is 0 Å². The molecule has 0 spiro atoms. The Balaban J connectivity index is 1.91. The average molecular weight is 277 g/mol. The molecule has 1 aromatic carbocycles. The standard InChI is InChI=1S/C16H23NO3/c1-10(18)16-13(4-3-5-15(16)20-2)17-8-11-6-7-14(19)12(11)9-17/h3-5,10-12,14,18-19H,6-9H2,1-2H3/t10-,11?,12?,14?/m0/s1. The van der Waals surface area contributed by atoms with Gasteiger partial charge in [0.05, 0.1) is 19.3 Å². The highest BCUT2D eigenvalue weighted by molar-refractivity contribution is 5.61. The molecular formula is C16H23NO3. The average Bonchev–Trinajstić information content (AvgIpc) is 3.00. The number of fused-ring (bicyclic) bond motifs is 1. The first-order valence-corrected chi connectivity index (χ1v) is 7.39. The van der Waals surface area contributed by atoms with Crippen LogP contribution in [0.25, 0.3) is 0 Å². The molecule has 4 nitrogen and oxygen atoms in total. The van der Waals surface area contributed by atoms with Gasteiger partial charge in [-0.2, -0.15) is 0 Å². The number of methoxy groups -OCH3 is 1. The number of hydrogen-bond acceptors (Lipinski definition) is 4. The molecule has 110 valence electrons. The third-order valence-corrected chi connectivity index (χ3v) is 4.84. The first-order chi connectivity index (χ1) is 9.61. The van der Waals surface area contributed by atoms with E-state index in [1.54, 1.807) is 14.0 Å². The van der Waals surface area contributed by atoms with E-state index < -0.39 is 6.10 Å². The highest BCUT2D eigenvalue weighted by atomic mass is 16.5. The van der Waals surface area contributed by atoms with Gasteiger partial charge in [0.15, 0.2) is 0 Å². The number of nitrogens with zero attached hydrogens (tertiary/aromatic N) is 1. The van der Waals surface area contributed by atoms with Crippen molar-refractivity contribution in [1.82, 2.24) is 0 Å². The summed E-state index contributed by atoms with van der Waals surface area (Å²) in [5.41, 5.74) is 1.89. The Bertz CT molecular complexity index is 489. The molecule has 0 amide bonds. The van der Waals surface area contributed by atoms with Crippen molar-refractivity contribution in [3.63, 3.8) is 0 Å². The van der Waals surface area contributed by atoms with E-state index in [0.717, 1.165) is 42.9 Å². The SMILES string of the molecule is COc1cccc(N2CC3CCC(O)C3C2)c1[C@H](C)O. The minimum Gasteiger partial charge on any atom is -0.496 e. The van der Waals surface area contributed by atoms with Gasteiger partial charge in [0.1, 0.15) is 5.75 Å². The Morgan fingerprint density at radius 2 is 2.10 bits per heavy atom. The zero-order chi connectivity index (χ0) is 14.3. The van der Waals surface area contributed by atoms with Gasteiger partial charge < -0.3 is 19.8 Å². The molecule has 20 heavy (non-hydrogen) atoms. The lowest BCUT2D eigenvalue weighted by molar-refractivity contribution is 0.133. The topological polar surface area (TPSA) is 52.9 Å². The Morgan fingerprint density at radius 3 is 2.75 bits per heavy atom. The van der Waals surface area contributed by atoms with E-state index in [1.807, 2.05) is 18.2 Å². The van der Waals surface area contributed by atoms with Crippen LogP contribution in [0, 0.1) is 11.8 Å². The lowest BCUT2D eigenvalue weighted by atomic mass is 10.00. The monoisotopic (exact) mass is 277 g/mol. The predicted molar refractivity (Wildman–Crippen MR) is 78.1 cm³/mol. The predicted octanol–water partition coefficient (Wildman–Crippen LogP) is 1.96. The third-order valence-electron chi connectivity index (χ3n) is 4.84. The van der Waals surface area contributed by atoms with Crippen LogP contribution in [-0.4, -0.2) is 36.5 Å². The fraction of sp³-hybridized carbons (Fsp3) is 0.625. The summed E-state index contributed by atoms with van der Waals surface area (Å²) in [6, 6.07) is 5.89. The maximum absolute atomic E-state index is 10.1. The van der Waals surface area contributed by atoms with Crippen molar-refractivity contribution < 1.29 is 14.9 Å². The second-order valence-corrected chi connectivity index (χ2v) is 6.04. The van der Waals surface area contributed by atoms with Crippen LogP contribution in [0.1, 0.15) is 31.4 Å². The summed E-state index contributed by atoms with van der Waals surface area (Å²) in [7, 11) is 1.63. The van der Waals surface area contributed by atoms with Crippen LogP contribution < -0.4 is 9.64 Å². The van der Waals surface area contributed by atoms with Crippen LogP contribution in [0.2, 0.25) is 0 Å². The molecule has 1 saturated carbocycles. The summed E-state index contributed by atoms with van der Waals surface area (Å²) in [6.45, 7) is 3.61. The van der Waals surface area contributed by atoms with Crippen LogP contribution in [-0.2, 0) is 0 Å². The fourth-order valence-corrected chi connectivity index (χ4v) is 3.84. The molecule has 2 N–H and O–H groups in total. The van der Waals surface area contributed by atoms with Gasteiger partial charge in [-0.05, 0) is 37.8 Å². The smallest absolute Gasteiger partial charge is 0.126 e. The molecule has 1 aliphatic carbocycles. The van der Waals surface area contributed by atoms with E-state index in [2.05, 4.69) is 4.90 Å². The van der Waals surface area contributed by atoms with E-state index in [0.29, 0.717) is 11.8 Å². The van der Waals surface area contributed by atoms with E-state index in [1.165, 1.54) is 0 Å². The molecule has 0 bridgehead atoms. The lowest BCUT2D eigenvalue weighted by Gasteiger charge is -2.26. The zero-order valence-corrected chi connectivity index (χ0v) is 12.1. The van der Waals surface area contributed by atoms with Gasteiger partial charge in [0, 0.05) is 30.3 Å². The minimum absolute atomic E-state index is 0.161. The normalized spacial score (nSPS) is 30.4. The number of anilines is 1. The van der Waals surface area contributed by atoms with E-state index in [-0.39, 0.29) is 6.10 Å². The second-order valence-electron chi connectivity index (χ2n) is 6.04. The van der Waals surface area contributed by atoms with Crippen LogP contribution in [0.4, 0.5) is 5.69 Å². The van der Waals surface area contributed by atoms with Gasteiger partial charge in [-0.3, -0.25) is 0 Å². The summed E-state index contributed by atoms with van der Waals surface area (Å²) in [6.07, 6.45) is 1.32. The van der Waals surface area contributed by atoms with Crippen LogP contribution in [0.3, 0.4) is 0 Å². The first-order valence-electron chi connectivity index (χ1n) is 7.39. The van der Waals surface area contributed by atoms with Crippen LogP contribution in [0.5, 0.6) is 5.75 Å². The van der Waals surface area contributed by atoms with Crippen LogP contribution in [0.15, 0.2) is 18.2 Å².